The molecule has 1 unspecified atom stereocenters. The van der Waals surface area contributed by atoms with Gasteiger partial charge < -0.3 is 15.4 Å². The van der Waals surface area contributed by atoms with E-state index in [9.17, 15) is 4.79 Å². The zero-order chi connectivity index (χ0) is 12.8. The fourth-order valence-corrected chi connectivity index (χ4v) is 1.85. The van der Waals surface area contributed by atoms with Gasteiger partial charge in [-0.1, -0.05) is 6.07 Å². The summed E-state index contributed by atoms with van der Waals surface area (Å²) < 4.78 is 5.40. The normalized spacial score (nSPS) is 18.1. The van der Waals surface area contributed by atoms with Crippen molar-refractivity contribution in [2.75, 3.05) is 18.5 Å². The van der Waals surface area contributed by atoms with Crippen LogP contribution in [0.5, 0.6) is 0 Å². The third-order valence-electron chi connectivity index (χ3n) is 2.76. The van der Waals surface area contributed by atoms with E-state index in [4.69, 9.17) is 10.00 Å². The van der Waals surface area contributed by atoms with Crippen molar-refractivity contribution < 1.29 is 9.53 Å². The molecule has 1 aliphatic rings. The number of amides is 2. The van der Waals surface area contributed by atoms with E-state index < -0.39 is 0 Å². The first-order valence-electron chi connectivity index (χ1n) is 5.94. The summed E-state index contributed by atoms with van der Waals surface area (Å²) in [6.07, 6.45) is 2.17. The van der Waals surface area contributed by atoms with E-state index in [1.807, 2.05) is 6.07 Å². The van der Waals surface area contributed by atoms with Gasteiger partial charge in [0.15, 0.2) is 0 Å². The van der Waals surface area contributed by atoms with Crippen molar-refractivity contribution in [2.24, 2.45) is 0 Å². The summed E-state index contributed by atoms with van der Waals surface area (Å²) in [5.41, 5.74) is 1.13. The van der Waals surface area contributed by atoms with Crippen molar-refractivity contribution in [3.63, 3.8) is 0 Å². The Morgan fingerprint density at radius 2 is 2.44 bits per heavy atom. The molecule has 1 aliphatic heterocycles. The first-order valence-corrected chi connectivity index (χ1v) is 5.94. The molecule has 0 radical (unpaired) electrons. The van der Waals surface area contributed by atoms with Crippen LogP contribution in [0.2, 0.25) is 0 Å². The number of hydrogen-bond acceptors (Lipinski definition) is 3. The summed E-state index contributed by atoms with van der Waals surface area (Å²) in [5, 5.41) is 14.2. The highest BCUT2D eigenvalue weighted by Crippen LogP contribution is 2.11. The number of nitriles is 1. The maximum atomic E-state index is 11.6. The third-order valence-corrected chi connectivity index (χ3v) is 2.76. The number of rotatable bonds is 3. The van der Waals surface area contributed by atoms with Crippen molar-refractivity contribution in [2.45, 2.75) is 18.9 Å². The van der Waals surface area contributed by atoms with Gasteiger partial charge in [-0.25, -0.2) is 4.79 Å². The van der Waals surface area contributed by atoms with Gasteiger partial charge in [-0.3, -0.25) is 0 Å². The van der Waals surface area contributed by atoms with Crippen LogP contribution in [-0.4, -0.2) is 25.3 Å². The van der Waals surface area contributed by atoms with Gasteiger partial charge >= 0.3 is 6.03 Å². The molecule has 2 N–H and O–H groups in total. The molecule has 2 rings (SSSR count). The molecule has 1 saturated heterocycles. The zero-order valence-corrected chi connectivity index (χ0v) is 9.98. The molecule has 0 aromatic heterocycles. The highest BCUT2D eigenvalue weighted by Gasteiger charge is 2.15. The Labute approximate surface area is 106 Å². The number of nitrogens with zero attached hydrogens (tertiary/aromatic N) is 1. The van der Waals surface area contributed by atoms with Crippen LogP contribution in [0.1, 0.15) is 18.4 Å². The Morgan fingerprint density at radius 1 is 1.56 bits per heavy atom. The Balaban J connectivity index is 1.81. The molecule has 1 heterocycles. The van der Waals surface area contributed by atoms with Crippen molar-refractivity contribution in [3.05, 3.63) is 29.8 Å². The number of nitrogens with one attached hydrogen (secondary N) is 2. The van der Waals surface area contributed by atoms with Crippen LogP contribution in [0.4, 0.5) is 10.5 Å². The Hall–Kier alpha value is -2.06. The van der Waals surface area contributed by atoms with Crippen molar-refractivity contribution in [1.29, 1.82) is 5.26 Å². The highest BCUT2D eigenvalue weighted by molar-refractivity contribution is 5.89. The van der Waals surface area contributed by atoms with Gasteiger partial charge in [0.25, 0.3) is 0 Å². The number of urea groups is 1. The second-order valence-electron chi connectivity index (χ2n) is 4.16. The van der Waals surface area contributed by atoms with Gasteiger partial charge in [0.1, 0.15) is 0 Å². The van der Waals surface area contributed by atoms with Crippen LogP contribution in [0.25, 0.3) is 0 Å². The van der Waals surface area contributed by atoms with Crippen LogP contribution in [-0.2, 0) is 4.74 Å². The van der Waals surface area contributed by atoms with E-state index >= 15 is 0 Å². The molecule has 0 spiro atoms. The molecule has 18 heavy (non-hydrogen) atoms. The quantitative estimate of drug-likeness (QED) is 0.853. The summed E-state index contributed by atoms with van der Waals surface area (Å²) in [6, 6.07) is 8.54. The lowest BCUT2D eigenvalue weighted by molar-refractivity contribution is 0.112. The first kappa shape index (κ1) is 12.4. The molecule has 5 nitrogen and oxygen atoms in total. The molecule has 1 fully saturated rings. The molecule has 1 aromatic carbocycles. The zero-order valence-electron chi connectivity index (χ0n) is 9.98. The largest absolute Gasteiger partial charge is 0.376 e. The number of anilines is 1. The lowest BCUT2D eigenvalue weighted by atomic mass is 10.2. The summed E-state index contributed by atoms with van der Waals surface area (Å²) >= 11 is 0. The SMILES string of the molecule is N#Cc1cccc(NC(=O)NCC2CCCO2)c1. The van der Waals surface area contributed by atoms with Crippen molar-refractivity contribution in [1.82, 2.24) is 5.32 Å². The van der Waals surface area contributed by atoms with Gasteiger partial charge in [0.2, 0.25) is 0 Å². The minimum atomic E-state index is -0.277. The van der Waals surface area contributed by atoms with Crippen LogP contribution in [0.15, 0.2) is 24.3 Å². The molecular formula is C13H15N3O2. The van der Waals surface area contributed by atoms with E-state index in [1.165, 1.54) is 0 Å². The van der Waals surface area contributed by atoms with Crippen LogP contribution < -0.4 is 10.6 Å². The summed E-state index contributed by atoms with van der Waals surface area (Å²) in [7, 11) is 0. The Kier molecular flexibility index (Phi) is 4.15. The van der Waals surface area contributed by atoms with E-state index in [0.717, 1.165) is 19.4 Å². The van der Waals surface area contributed by atoms with Gasteiger partial charge in [-0.2, -0.15) is 5.26 Å². The first-order chi connectivity index (χ1) is 8.78. The van der Waals surface area contributed by atoms with E-state index in [-0.39, 0.29) is 12.1 Å². The molecule has 2 amide bonds. The van der Waals surface area contributed by atoms with E-state index in [0.29, 0.717) is 17.8 Å². The standard InChI is InChI=1S/C13H15N3O2/c14-8-10-3-1-4-11(7-10)16-13(17)15-9-12-5-2-6-18-12/h1,3-4,7,12H,2,5-6,9H2,(H2,15,16,17). The van der Waals surface area contributed by atoms with Gasteiger partial charge in [-0.05, 0) is 31.0 Å². The lowest BCUT2D eigenvalue weighted by Gasteiger charge is -2.11. The summed E-state index contributed by atoms with van der Waals surface area (Å²) in [6.45, 7) is 1.29. The second-order valence-corrected chi connectivity index (χ2v) is 4.16. The minimum Gasteiger partial charge on any atom is -0.376 e. The van der Waals surface area contributed by atoms with Crippen LogP contribution in [0, 0.1) is 11.3 Å². The van der Waals surface area contributed by atoms with Crippen molar-refractivity contribution in [3.8, 4) is 6.07 Å². The molecule has 1 atom stereocenters. The minimum absolute atomic E-state index is 0.126. The number of carbonyl (C=O) groups excluding carboxylic acids is 1. The molecular weight excluding hydrogens is 230 g/mol. The number of hydrogen-bond donors (Lipinski definition) is 2. The molecule has 0 bridgehead atoms. The second kappa shape index (κ2) is 6.03. The predicted molar refractivity (Wildman–Crippen MR) is 67.2 cm³/mol. The fraction of sp³-hybridized carbons (Fsp3) is 0.385. The van der Waals surface area contributed by atoms with Gasteiger partial charge in [-0.15, -0.1) is 0 Å². The molecule has 0 saturated carbocycles. The molecule has 0 aliphatic carbocycles. The summed E-state index contributed by atoms with van der Waals surface area (Å²) in [5.74, 6) is 0. The van der Waals surface area contributed by atoms with Crippen LogP contribution in [0.3, 0.4) is 0 Å². The third kappa shape index (κ3) is 3.47. The molecule has 1 aromatic rings. The number of ether oxygens (including phenoxy) is 1. The summed E-state index contributed by atoms with van der Waals surface area (Å²) in [4.78, 5) is 11.6. The predicted octanol–water partition coefficient (Wildman–Crippen LogP) is 1.86. The maximum absolute atomic E-state index is 11.6. The van der Waals surface area contributed by atoms with E-state index in [1.54, 1.807) is 24.3 Å². The highest BCUT2D eigenvalue weighted by atomic mass is 16.5. The van der Waals surface area contributed by atoms with E-state index in [2.05, 4.69) is 10.6 Å². The van der Waals surface area contributed by atoms with Crippen molar-refractivity contribution >= 4 is 11.7 Å². The topological polar surface area (TPSA) is 74.2 Å². The fourth-order valence-electron chi connectivity index (χ4n) is 1.85. The number of benzene rings is 1. The molecule has 5 heteroatoms. The average molecular weight is 245 g/mol. The monoisotopic (exact) mass is 245 g/mol. The van der Waals surface area contributed by atoms with Gasteiger partial charge in [0.05, 0.1) is 17.7 Å². The Morgan fingerprint density at radius 3 is 3.17 bits per heavy atom. The van der Waals surface area contributed by atoms with Crippen LogP contribution >= 0.6 is 0 Å². The van der Waals surface area contributed by atoms with Gasteiger partial charge in [0, 0.05) is 18.8 Å². The smallest absolute Gasteiger partial charge is 0.319 e. The maximum Gasteiger partial charge on any atom is 0.319 e. The average Bonchev–Trinajstić information content (AvgIpc) is 2.90. The molecule has 94 valence electrons. The lowest BCUT2D eigenvalue weighted by Crippen LogP contribution is -2.35. The Bertz CT molecular complexity index is 462. The number of carbonyl (C=O) groups is 1.